The summed E-state index contributed by atoms with van der Waals surface area (Å²) >= 11 is 0. The predicted molar refractivity (Wildman–Crippen MR) is 79.4 cm³/mol. The number of aromatic nitrogens is 1. The van der Waals surface area contributed by atoms with Crippen molar-refractivity contribution in [1.82, 2.24) is 4.98 Å². The fourth-order valence-corrected chi connectivity index (χ4v) is 2.37. The third-order valence-corrected chi connectivity index (χ3v) is 3.39. The summed E-state index contributed by atoms with van der Waals surface area (Å²) in [7, 11) is 1.35. The lowest BCUT2D eigenvalue weighted by atomic mass is 9.88. The van der Waals surface area contributed by atoms with E-state index in [1.807, 2.05) is 19.9 Å². The van der Waals surface area contributed by atoms with Crippen LogP contribution in [-0.2, 0) is 16.0 Å². The molecule has 3 nitrogen and oxygen atoms in total. The molecule has 4 heteroatoms. The first kappa shape index (κ1) is 15.2. The number of esters is 1. The first-order chi connectivity index (χ1) is 10.0. The Morgan fingerprint density at radius 1 is 1.38 bits per heavy atom. The van der Waals surface area contributed by atoms with Gasteiger partial charge in [-0.15, -0.1) is 0 Å². The molecule has 0 saturated carbocycles. The summed E-state index contributed by atoms with van der Waals surface area (Å²) in [6, 6.07) is 6.58. The predicted octanol–water partition coefficient (Wildman–Crippen LogP) is 3.73. The molecule has 2 aromatic rings. The molecule has 1 aromatic heterocycles. The van der Waals surface area contributed by atoms with E-state index in [1.54, 1.807) is 18.5 Å². The van der Waals surface area contributed by atoms with Crippen LogP contribution in [0.2, 0.25) is 0 Å². The average molecular weight is 287 g/mol. The number of hydrogen-bond donors (Lipinski definition) is 0. The number of halogens is 1. The number of nitrogens with zero attached hydrogens (tertiary/aromatic N) is 1. The summed E-state index contributed by atoms with van der Waals surface area (Å²) in [5.41, 5.74) is 3.10. The molecule has 0 fully saturated rings. The Morgan fingerprint density at radius 3 is 2.71 bits per heavy atom. The molecule has 1 heterocycles. The summed E-state index contributed by atoms with van der Waals surface area (Å²) in [5.74, 6) is -0.546. The third-order valence-electron chi connectivity index (χ3n) is 3.39. The summed E-state index contributed by atoms with van der Waals surface area (Å²) in [6.07, 6.45) is 3.44. The van der Waals surface area contributed by atoms with Gasteiger partial charge >= 0.3 is 5.97 Å². The fourth-order valence-electron chi connectivity index (χ4n) is 2.37. The van der Waals surface area contributed by atoms with Crippen molar-refractivity contribution in [2.24, 2.45) is 0 Å². The van der Waals surface area contributed by atoms with Gasteiger partial charge in [0.25, 0.3) is 0 Å². The minimum atomic E-state index is -0.339. The maximum absolute atomic E-state index is 13.9. The average Bonchev–Trinajstić information content (AvgIpc) is 2.49. The molecule has 0 radical (unpaired) electrons. The van der Waals surface area contributed by atoms with Gasteiger partial charge in [0.05, 0.1) is 13.5 Å². The van der Waals surface area contributed by atoms with E-state index in [0.717, 1.165) is 16.7 Å². The van der Waals surface area contributed by atoms with Crippen LogP contribution < -0.4 is 0 Å². The number of carbonyl (C=O) groups excluding carboxylic acids is 1. The second-order valence-corrected chi connectivity index (χ2v) is 5.17. The van der Waals surface area contributed by atoms with Gasteiger partial charge in [0.1, 0.15) is 5.82 Å². The van der Waals surface area contributed by atoms with E-state index in [2.05, 4.69) is 4.98 Å². The maximum atomic E-state index is 13.9. The van der Waals surface area contributed by atoms with Crippen molar-refractivity contribution in [3.63, 3.8) is 0 Å². The lowest BCUT2D eigenvalue weighted by Crippen LogP contribution is -2.10. The van der Waals surface area contributed by atoms with Gasteiger partial charge in [0.15, 0.2) is 0 Å². The second-order valence-electron chi connectivity index (χ2n) is 5.17. The highest BCUT2D eigenvalue weighted by Crippen LogP contribution is 2.31. The highest BCUT2D eigenvalue weighted by molar-refractivity contribution is 5.79. The normalized spacial score (nSPS) is 10.7. The molecule has 0 saturated heterocycles. The summed E-state index contributed by atoms with van der Waals surface area (Å²) < 4.78 is 18.7. The lowest BCUT2D eigenvalue weighted by molar-refractivity contribution is -0.139. The van der Waals surface area contributed by atoms with E-state index in [0.29, 0.717) is 5.56 Å². The number of ether oxygens (including phenoxy) is 1. The third kappa shape index (κ3) is 3.45. The molecular formula is C17H18FNO2. The van der Waals surface area contributed by atoms with Gasteiger partial charge < -0.3 is 4.74 Å². The first-order valence-corrected chi connectivity index (χ1v) is 6.82. The summed E-state index contributed by atoms with van der Waals surface area (Å²) in [6.45, 7) is 3.95. The highest BCUT2D eigenvalue weighted by atomic mass is 19.1. The molecule has 0 spiro atoms. The standard InChI is InChI=1S/C17H18FNO2/c1-11(2)14-7-13(18)8-15(12-5-4-6-19-10-12)16(14)9-17(20)21-3/h4-8,10-11H,9H2,1-3H3. The Kier molecular flexibility index (Phi) is 4.68. The van der Waals surface area contributed by atoms with Gasteiger partial charge in [0.2, 0.25) is 0 Å². The van der Waals surface area contributed by atoms with E-state index in [1.165, 1.54) is 19.2 Å². The molecular weight excluding hydrogens is 269 g/mol. The molecule has 0 aliphatic rings. The number of carbonyl (C=O) groups is 1. The molecule has 0 aliphatic carbocycles. The Bertz CT molecular complexity index is 639. The Labute approximate surface area is 123 Å². The Balaban J connectivity index is 2.64. The smallest absolute Gasteiger partial charge is 0.310 e. The van der Waals surface area contributed by atoms with Crippen LogP contribution in [0.1, 0.15) is 30.9 Å². The quantitative estimate of drug-likeness (QED) is 0.804. The van der Waals surface area contributed by atoms with Crippen LogP contribution in [0.4, 0.5) is 4.39 Å². The number of methoxy groups -OCH3 is 1. The first-order valence-electron chi connectivity index (χ1n) is 6.82. The van der Waals surface area contributed by atoms with Gasteiger partial charge in [-0.05, 0) is 40.8 Å². The van der Waals surface area contributed by atoms with Crippen LogP contribution >= 0.6 is 0 Å². The molecule has 110 valence electrons. The lowest BCUT2D eigenvalue weighted by Gasteiger charge is -2.17. The van der Waals surface area contributed by atoms with Crippen molar-refractivity contribution in [3.05, 3.63) is 53.6 Å². The fraction of sp³-hybridized carbons (Fsp3) is 0.294. The van der Waals surface area contributed by atoms with Crippen LogP contribution in [0.25, 0.3) is 11.1 Å². The van der Waals surface area contributed by atoms with Crippen molar-refractivity contribution >= 4 is 5.97 Å². The van der Waals surface area contributed by atoms with Crippen LogP contribution in [0.5, 0.6) is 0 Å². The van der Waals surface area contributed by atoms with Gasteiger partial charge in [-0.2, -0.15) is 0 Å². The number of pyridine rings is 1. The van der Waals surface area contributed by atoms with Gasteiger partial charge in [-0.3, -0.25) is 9.78 Å². The largest absolute Gasteiger partial charge is 0.469 e. The highest BCUT2D eigenvalue weighted by Gasteiger charge is 2.18. The molecule has 0 atom stereocenters. The molecule has 0 bridgehead atoms. The molecule has 0 N–H and O–H groups in total. The van der Waals surface area contributed by atoms with E-state index in [4.69, 9.17) is 4.74 Å². The molecule has 21 heavy (non-hydrogen) atoms. The van der Waals surface area contributed by atoms with Gasteiger partial charge in [-0.1, -0.05) is 19.9 Å². The molecule has 2 rings (SSSR count). The zero-order chi connectivity index (χ0) is 15.4. The number of hydrogen-bond acceptors (Lipinski definition) is 3. The topological polar surface area (TPSA) is 39.2 Å². The Hall–Kier alpha value is -2.23. The monoisotopic (exact) mass is 287 g/mol. The van der Waals surface area contributed by atoms with E-state index >= 15 is 0 Å². The van der Waals surface area contributed by atoms with Crippen molar-refractivity contribution in [2.45, 2.75) is 26.2 Å². The molecule has 0 aliphatic heterocycles. The summed E-state index contributed by atoms with van der Waals surface area (Å²) in [4.78, 5) is 15.8. The van der Waals surface area contributed by atoms with Crippen LogP contribution in [0, 0.1) is 5.82 Å². The van der Waals surface area contributed by atoms with Gasteiger partial charge in [-0.25, -0.2) is 4.39 Å². The molecule has 0 unspecified atom stereocenters. The van der Waals surface area contributed by atoms with Crippen molar-refractivity contribution in [2.75, 3.05) is 7.11 Å². The number of rotatable bonds is 4. The Morgan fingerprint density at radius 2 is 2.14 bits per heavy atom. The van der Waals surface area contributed by atoms with Crippen LogP contribution in [0.15, 0.2) is 36.7 Å². The van der Waals surface area contributed by atoms with E-state index in [9.17, 15) is 9.18 Å². The SMILES string of the molecule is COC(=O)Cc1c(-c2cccnc2)cc(F)cc1C(C)C. The van der Waals surface area contributed by atoms with Crippen molar-refractivity contribution in [1.29, 1.82) is 0 Å². The maximum Gasteiger partial charge on any atom is 0.310 e. The zero-order valence-electron chi connectivity index (χ0n) is 12.4. The molecule has 0 amide bonds. The molecule has 1 aromatic carbocycles. The zero-order valence-corrected chi connectivity index (χ0v) is 12.4. The van der Waals surface area contributed by atoms with Crippen molar-refractivity contribution < 1.29 is 13.9 Å². The minimum Gasteiger partial charge on any atom is -0.469 e. The second kappa shape index (κ2) is 6.48. The van der Waals surface area contributed by atoms with Crippen molar-refractivity contribution in [3.8, 4) is 11.1 Å². The minimum absolute atomic E-state index is 0.107. The number of benzene rings is 1. The van der Waals surface area contributed by atoms with Crippen LogP contribution in [0.3, 0.4) is 0 Å². The van der Waals surface area contributed by atoms with E-state index in [-0.39, 0.29) is 24.1 Å². The van der Waals surface area contributed by atoms with Crippen LogP contribution in [-0.4, -0.2) is 18.1 Å². The summed E-state index contributed by atoms with van der Waals surface area (Å²) in [5, 5.41) is 0. The van der Waals surface area contributed by atoms with E-state index < -0.39 is 0 Å². The van der Waals surface area contributed by atoms with Gasteiger partial charge in [0, 0.05) is 18.0 Å².